The van der Waals surface area contributed by atoms with Crippen LogP contribution in [0.4, 0.5) is 10.5 Å². The first-order chi connectivity index (χ1) is 13.4. The largest absolute Gasteiger partial charge is 0.465 e. The van der Waals surface area contributed by atoms with E-state index in [2.05, 4.69) is 10.6 Å². The van der Waals surface area contributed by atoms with Crippen LogP contribution in [0.2, 0.25) is 0 Å². The van der Waals surface area contributed by atoms with E-state index < -0.39 is 23.0 Å². The summed E-state index contributed by atoms with van der Waals surface area (Å²) >= 11 is 0. The van der Waals surface area contributed by atoms with E-state index in [-0.39, 0.29) is 18.2 Å². The number of carbonyl (C=O) groups excluding carboxylic acids is 1. The smallest absolute Gasteiger partial charge is 0.405 e. The number of benzene rings is 2. The Bertz CT molecular complexity index is 882. The fourth-order valence-corrected chi connectivity index (χ4v) is 3.52. The number of amides is 2. The fraction of sp³-hybridized carbons (Fsp3) is 0.300. The van der Waals surface area contributed by atoms with Crippen molar-refractivity contribution < 1.29 is 19.6 Å². The molecule has 0 spiro atoms. The molecular weight excluding hydrogens is 362 g/mol. The van der Waals surface area contributed by atoms with Gasteiger partial charge in [0.1, 0.15) is 6.04 Å². The first-order valence-electron chi connectivity index (χ1n) is 9.05. The van der Waals surface area contributed by atoms with Gasteiger partial charge in [-0.05, 0) is 36.0 Å². The number of nitro groups is 1. The molecule has 0 bridgehead atoms. The maximum atomic E-state index is 12.8. The maximum absolute atomic E-state index is 12.8. The van der Waals surface area contributed by atoms with Crippen molar-refractivity contribution in [3.8, 4) is 0 Å². The minimum absolute atomic E-state index is 0.0604. The maximum Gasteiger partial charge on any atom is 0.405 e. The molecule has 1 aliphatic carbocycles. The molecule has 2 aromatic carbocycles. The van der Waals surface area contributed by atoms with Crippen molar-refractivity contribution in [2.24, 2.45) is 0 Å². The summed E-state index contributed by atoms with van der Waals surface area (Å²) in [5.41, 5.74) is 2.82. The van der Waals surface area contributed by atoms with Gasteiger partial charge in [-0.15, -0.1) is 0 Å². The Kier molecular flexibility index (Phi) is 5.88. The van der Waals surface area contributed by atoms with Gasteiger partial charge in [0.2, 0.25) is 5.91 Å². The number of hydrogen-bond acceptors (Lipinski definition) is 4. The van der Waals surface area contributed by atoms with E-state index in [1.54, 1.807) is 0 Å². The standard InChI is InChI=1S/C20H21N3O5/c24-19(21-17-7-3-5-14-4-1-2-6-16(14)17)18(22-20(25)26)12-13-8-10-15(11-9-13)23(27)28/h1-2,4,6,8-11,17-18,22H,3,5,7,12H2,(H,21,24)(H,25,26)/t17-,18?/m1/s1. The van der Waals surface area contributed by atoms with Gasteiger partial charge in [-0.25, -0.2) is 4.79 Å². The lowest BCUT2D eigenvalue weighted by molar-refractivity contribution is -0.384. The zero-order valence-electron chi connectivity index (χ0n) is 15.1. The van der Waals surface area contributed by atoms with Gasteiger partial charge in [0.05, 0.1) is 11.0 Å². The zero-order valence-corrected chi connectivity index (χ0v) is 15.1. The summed E-state index contributed by atoms with van der Waals surface area (Å²) in [4.78, 5) is 34.2. The number of non-ortho nitro benzene ring substituents is 1. The summed E-state index contributed by atoms with van der Waals surface area (Å²) in [5.74, 6) is -0.414. The second-order valence-corrected chi connectivity index (χ2v) is 6.78. The summed E-state index contributed by atoms with van der Waals surface area (Å²) < 4.78 is 0. The van der Waals surface area contributed by atoms with Gasteiger partial charge >= 0.3 is 6.09 Å². The average Bonchev–Trinajstić information content (AvgIpc) is 2.68. The average molecular weight is 383 g/mol. The molecule has 146 valence electrons. The Labute approximate surface area is 161 Å². The van der Waals surface area contributed by atoms with Crippen molar-refractivity contribution in [2.75, 3.05) is 0 Å². The fourth-order valence-electron chi connectivity index (χ4n) is 3.52. The predicted molar refractivity (Wildman–Crippen MR) is 102 cm³/mol. The third-order valence-electron chi connectivity index (χ3n) is 4.89. The number of carbonyl (C=O) groups is 2. The topological polar surface area (TPSA) is 122 Å². The predicted octanol–water partition coefficient (Wildman–Crippen LogP) is 2.97. The minimum Gasteiger partial charge on any atom is -0.465 e. The van der Waals surface area contributed by atoms with Gasteiger partial charge < -0.3 is 15.7 Å². The van der Waals surface area contributed by atoms with Crippen LogP contribution in [0.5, 0.6) is 0 Å². The normalized spacial score (nSPS) is 16.5. The molecule has 28 heavy (non-hydrogen) atoms. The first kappa shape index (κ1) is 19.3. The third kappa shape index (κ3) is 4.64. The Hall–Kier alpha value is -3.42. The molecule has 0 radical (unpaired) electrons. The molecule has 3 rings (SSSR count). The number of nitrogens with zero attached hydrogens (tertiary/aromatic N) is 1. The summed E-state index contributed by atoms with van der Waals surface area (Å²) in [6.45, 7) is 0. The Morgan fingerprint density at radius 3 is 2.57 bits per heavy atom. The van der Waals surface area contributed by atoms with E-state index in [9.17, 15) is 19.7 Å². The van der Waals surface area contributed by atoms with Crippen LogP contribution in [0, 0.1) is 10.1 Å². The molecule has 1 unspecified atom stereocenters. The van der Waals surface area contributed by atoms with E-state index in [1.807, 2.05) is 24.3 Å². The minimum atomic E-state index is -1.30. The van der Waals surface area contributed by atoms with E-state index in [4.69, 9.17) is 5.11 Å². The van der Waals surface area contributed by atoms with E-state index in [1.165, 1.54) is 29.8 Å². The van der Waals surface area contributed by atoms with Crippen LogP contribution in [0.3, 0.4) is 0 Å². The second-order valence-electron chi connectivity index (χ2n) is 6.78. The lowest BCUT2D eigenvalue weighted by atomic mass is 9.87. The number of rotatable bonds is 6. The molecule has 3 N–H and O–H groups in total. The molecule has 0 aliphatic heterocycles. The molecular formula is C20H21N3O5. The highest BCUT2D eigenvalue weighted by Gasteiger charge is 2.27. The molecule has 0 saturated carbocycles. The highest BCUT2D eigenvalue weighted by molar-refractivity contribution is 5.86. The van der Waals surface area contributed by atoms with Crippen LogP contribution in [0.1, 0.15) is 35.6 Å². The Morgan fingerprint density at radius 2 is 1.89 bits per heavy atom. The van der Waals surface area contributed by atoms with Crippen molar-refractivity contribution in [3.63, 3.8) is 0 Å². The van der Waals surface area contributed by atoms with E-state index in [0.29, 0.717) is 5.56 Å². The van der Waals surface area contributed by atoms with Crippen LogP contribution in [-0.2, 0) is 17.6 Å². The zero-order chi connectivity index (χ0) is 20.1. The Morgan fingerprint density at radius 1 is 1.18 bits per heavy atom. The van der Waals surface area contributed by atoms with Crippen molar-refractivity contribution in [1.82, 2.24) is 10.6 Å². The van der Waals surface area contributed by atoms with Crippen LogP contribution in [-0.4, -0.2) is 28.1 Å². The monoisotopic (exact) mass is 383 g/mol. The third-order valence-corrected chi connectivity index (χ3v) is 4.89. The van der Waals surface area contributed by atoms with E-state index in [0.717, 1.165) is 24.8 Å². The number of nitrogens with one attached hydrogen (secondary N) is 2. The molecule has 0 heterocycles. The molecule has 2 atom stereocenters. The molecule has 2 amide bonds. The highest BCUT2D eigenvalue weighted by Crippen LogP contribution is 2.29. The van der Waals surface area contributed by atoms with Crippen molar-refractivity contribution in [1.29, 1.82) is 0 Å². The number of aryl methyl sites for hydroxylation is 1. The van der Waals surface area contributed by atoms with Crippen LogP contribution >= 0.6 is 0 Å². The highest BCUT2D eigenvalue weighted by atomic mass is 16.6. The summed E-state index contributed by atoms with van der Waals surface area (Å²) in [7, 11) is 0. The lowest BCUT2D eigenvalue weighted by Crippen LogP contribution is -2.48. The quantitative estimate of drug-likeness (QED) is 0.523. The van der Waals surface area contributed by atoms with Gasteiger partial charge in [0.15, 0.2) is 0 Å². The molecule has 0 fully saturated rings. The van der Waals surface area contributed by atoms with Crippen LogP contribution < -0.4 is 10.6 Å². The molecule has 0 aromatic heterocycles. The van der Waals surface area contributed by atoms with Crippen LogP contribution in [0.15, 0.2) is 48.5 Å². The van der Waals surface area contributed by atoms with Crippen molar-refractivity contribution in [2.45, 2.75) is 37.8 Å². The molecule has 8 nitrogen and oxygen atoms in total. The molecule has 0 saturated heterocycles. The summed E-state index contributed by atoms with van der Waals surface area (Å²) in [6, 6.07) is 12.5. The summed E-state index contributed by atoms with van der Waals surface area (Å²) in [5, 5.41) is 25.1. The van der Waals surface area contributed by atoms with E-state index >= 15 is 0 Å². The molecule has 2 aromatic rings. The van der Waals surface area contributed by atoms with Crippen molar-refractivity contribution >= 4 is 17.7 Å². The lowest BCUT2D eigenvalue weighted by Gasteiger charge is -2.28. The van der Waals surface area contributed by atoms with Gasteiger partial charge in [-0.1, -0.05) is 36.4 Å². The number of fused-ring (bicyclic) bond motifs is 1. The van der Waals surface area contributed by atoms with Gasteiger partial charge in [-0.2, -0.15) is 0 Å². The number of hydrogen-bond donors (Lipinski definition) is 3. The SMILES string of the molecule is O=C(O)NC(Cc1ccc([N+](=O)[O-])cc1)C(=O)N[C@@H]1CCCc2ccccc21. The molecule has 8 heteroatoms. The Balaban J connectivity index is 1.73. The first-order valence-corrected chi connectivity index (χ1v) is 9.05. The second kappa shape index (κ2) is 8.51. The van der Waals surface area contributed by atoms with Gasteiger partial charge in [0, 0.05) is 18.6 Å². The van der Waals surface area contributed by atoms with Crippen LogP contribution in [0.25, 0.3) is 0 Å². The van der Waals surface area contributed by atoms with Gasteiger partial charge in [-0.3, -0.25) is 14.9 Å². The molecule has 1 aliphatic rings. The summed E-state index contributed by atoms with van der Waals surface area (Å²) in [6.07, 6.45) is 1.50. The van der Waals surface area contributed by atoms with Crippen molar-refractivity contribution in [3.05, 3.63) is 75.3 Å². The van der Waals surface area contributed by atoms with Gasteiger partial charge in [0.25, 0.3) is 5.69 Å². The number of carboxylic acid groups (broad SMARTS) is 1. The number of nitro benzene ring substituents is 1.